The van der Waals surface area contributed by atoms with Crippen LogP contribution in [0, 0.1) is 11.8 Å². The maximum atomic E-state index is 14.5. The maximum Gasteiger partial charge on any atom is 0.251 e. The van der Waals surface area contributed by atoms with E-state index in [-0.39, 0.29) is 29.6 Å². The molecule has 5 atom stereocenters. The van der Waals surface area contributed by atoms with Gasteiger partial charge >= 0.3 is 0 Å². The molecule has 0 aromatic heterocycles. The molecule has 8 nitrogen and oxygen atoms in total. The molecule has 10 heteroatoms. The number of hydrogen-bond donors (Lipinski definition) is 1. The largest absolute Gasteiger partial charge is 0.494 e. The Kier molecular flexibility index (Phi) is 8.58. The zero-order valence-corrected chi connectivity index (χ0v) is 25.7. The van der Waals surface area contributed by atoms with Gasteiger partial charge in [0.25, 0.3) is 5.91 Å². The van der Waals surface area contributed by atoms with Gasteiger partial charge in [0.2, 0.25) is 11.8 Å². The Hall–Kier alpha value is -3.27. The molecule has 226 valence electrons. The first kappa shape index (κ1) is 29.8. The third-order valence-corrected chi connectivity index (χ3v) is 10.8. The number of thioether (sulfide) groups is 1. The standard InChI is InChI=1S/C33H36ClN3O5S/c1-2-42-25-15-13-24(14-16-25)35-19-6-8-26-27(30(35)39)28-31(40)37(18-4-3-5-21-38)29-32(41)36(20-7-17-33(28,29)43-26)23-11-9-22(34)10-12-23/h6-17,26-29,38H,2-5,18-21H2,1H3/t26-,27+,28-,29?,33-/m0/s1. The van der Waals surface area contributed by atoms with E-state index in [1.165, 1.54) is 0 Å². The smallest absolute Gasteiger partial charge is 0.251 e. The number of ether oxygens (including phenoxy) is 1. The van der Waals surface area contributed by atoms with E-state index >= 15 is 0 Å². The lowest BCUT2D eigenvalue weighted by Gasteiger charge is -2.35. The fraction of sp³-hybridized carbons (Fsp3) is 0.424. The molecule has 2 saturated heterocycles. The summed E-state index contributed by atoms with van der Waals surface area (Å²) in [5, 5.41) is 9.65. The minimum Gasteiger partial charge on any atom is -0.494 e. The summed E-state index contributed by atoms with van der Waals surface area (Å²) in [6.07, 6.45) is 10.1. The number of benzene rings is 2. The van der Waals surface area contributed by atoms with Crippen molar-refractivity contribution in [2.75, 3.05) is 42.6 Å². The van der Waals surface area contributed by atoms with Crippen LogP contribution in [0.3, 0.4) is 0 Å². The second-order valence-electron chi connectivity index (χ2n) is 11.3. The van der Waals surface area contributed by atoms with Crippen LogP contribution >= 0.6 is 23.4 Å². The van der Waals surface area contributed by atoms with Gasteiger partial charge in [-0.15, -0.1) is 11.8 Å². The van der Waals surface area contributed by atoms with E-state index < -0.39 is 22.6 Å². The number of nitrogens with zero attached hydrogens (tertiary/aromatic N) is 3. The molecule has 0 bridgehead atoms. The highest BCUT2D eigenvalue weighted by atomic mass is 35.5. The number of carbonyl (C=O) groups is 3. The van der Waals surface area contributed by atoms with E-state index in [1.807, 2.05) is 67.6 Å². The number of fused-ring (bicyclic) bond motifs is 2. The van der Waals surface area contributed by atoms with Gasteiger partial charge in [0, 0.05) is 47.9 Å². The molecule has 2 aromatic carbocycles. The van der Waals surface area contributed by atoms with Gasteiger partial charge in [-0.2, -0.15) is 0 Å². The lowest BCUT2D eigenvalue weighted by molar-refractivity contribution is -0.138. The summed E-state index contributed by atoms with van der Waals surface area (Å²) in [6, 6.07) is 13.8. The van der Waals surface area contributed by atoms with Crippen LogP contribution in [0.25, 0.3) is 0 Å². The molecule has 4 aliphatic rings. The number of aliphatic hydroxyl groups excluding tert-OH is 1. The fourth-order valence-corrected chi connectivity index (χ4v) is 9.05. The predicted molar refractivity (Wildman–Crippen MR) is 170 cm³/mol. The minimum atomic E-state index is -0.885. The van der Waals surface area contributed by atoms with E-state index in [0.29, 0.717) is 49.8 Å². The molecule has 4 aliphatic heterocycles. The maximum absolute atomic E-state index is 14.5. The predicted octanol–water partition coefficient (Wildman–Crippen LogP) is 4.70. The van der Waals surface area contributed by atoms with Gasteiger partial charge in [0.1, 0.15) is 11.8 Å². The number of unbranched alkanes of at least 4 members (excludes halogenated alkanes) is 2. The number of amides is 3. The summed E-state index contributed by atoms with van der Waals surface area (Å²) >= 11 is 7.72. The number of likely N-dealkylation sites (tertiary alicyclic amines) is 1. The Labute approximate surface area is 261 Å². The summed E-state index contributed by atoms with van der Waals surface area (Å²) in [5.74, 6) is -0.990. The Morgan fingerprint density at radius 2 is 1.58 bits per heavy atom. The molecule has 0 aliphatic carbocycles. The average Bonchev–Trinajstić information content (AvgIpc) is 3.31. The van der Waals surface area contributed by atoms with E-state index in [9.17, 15) is 19.5 Å². The first-order valence-corrected chi connectivity index (χ1v) is 16.2. The van der Waals surface area contributed by atoms with Gasteiger partial charge in [-0.25, -0.2) is 0 Å². The molecule has 6 rings (SSSR count). The van der Waals surface area contributed by atoms with Crippen LogP contribution in [-0.2, 0) is 14.4 Å². The molecule has 1 spiro atoms. The van der Waals surface area contributed by atoms with Crippen molar-refractivity contribution in [3.8, 4) is 5.75 Å². The van der Waals surface area contributed by atoms with Gasteiger partial charge in [0.05, 0.1) is 23.2 Å². The molecule has 2 fully saturated rings. The van der Waals surface area contributed by atoms with Gasteiger partial charge in [-0.3, -0.25) is 14.4 Å². The molecule has 2 aromatic rings. The van der Waals surface area contributed by atoms with E-state index in [2.05, 4.69) is 0 Å². The highest BCUT2D eigenvalue weighted by Gasteiger charge is 2.71. The Balaban J connectivity index is 1.37. The van der Waals surface area contributed by atoms with Crippen LogP contribution in [0.4, 0.5) is 11.4 Å². The molecule has 3 amide bonds. The third-order valence-electron chi connectivity index (χ3n) is 8.81. The molecule has 1 unspecified atom stereocenters. The van der Waals surface area contributed by atoms with Crippen molar-refractivity contribution in [2.24, 2.45) is 11.8 Å². The summed E-state index contributed by atoms with van der Waals surface area (Å²) in [7, 11) is 0. The fourth-order valence-electron chi connectivity index (χ4n) is 6.92. The topological polar surface area (TPSA) is 90.4 Å². The van der Waals surface area contributed by atoms with Crippen molar-refractivity contribution < 1.29 is 24.2 Å². The van der Waals surface area contributed by atoms with E-state index in [1.54, 1.807) is 38.6 Å². The highest BCUT2D eigenvalue weighted by molar-refractivity contribution is 8.02. The van der Waals surface area contributed by atoms with Crippen molar-refractivity contribution in [3.63, 3.8) is 0 Å². The van der Waals surface area contributed by atoms with Crippen LogP contribution in [0.5, 0.6) is 5.75 Å². The van der Waals surface area contributed by atoms with Crippen LogP contribution in [-0.4, -0.2) is 76.6 Å². The van der Waals surface area contributed by atoms with Crippen molar-refractivity contribution >= 4 is 52.5 Å². The second-order valence-corrected chi connectivity index (χ2v) is 13.2. The number of halogens is 1. The molecular weight excluding hydrogens is 586 g/mol. The Bertz CT molecular complexity index is 1430. The molecular formula is C33H36ClN3O5S. The third kappa shape index (κ3) is 5.25. The van der Waals surface area contributed by atoms with Crippen molar-refractivity contribution in [3.05, 3.63) is 77.9 Å². The minimum absolute atomic E-state index is 0.0811. The lowest BCUT2D eigenvalue weighted by atomic mass is 9.78. The van der Waals surface area contributed by atoms with Gasteiger partial charge in [-0.1, -0.05) is 35.9 Å². The molecule has 0 saturated carbocycles. The number of aliphatic hydroxyl groups is 1. The van der Waals surface area contributed by atoms with Crippen LogP contribution in [0.15, 0.2) is 72.8 Å². The summed E-state index contributed by atoms with van der Waals surface area (Å²) in [5.41, 5.74) is 1.45. The highest BCUT2D eigenvalue weighted by Crippen LogP contribution is 2.61. The van der Waals surface area contributed by atoms with Crippen LogP contribution < -0.4 is 14.5 Å². The normalized spacial score (nSPS) is 28.1. The average molecular weight is 622 g/mol. The first-order valence-electron chi connectivity index (χ1n) is 14.9. The van der Waals surface area contributed by atoms with E-state index in [4.69, 9.17) is 16.3 Å². The van der Waals surface area contributed by atoms with Gasteiger partial charge in [0.15, 0.2) is 0 Å². The monoisotopic (exact) mass is 621 g/mol. The number of rotatable bonds is 9. The number of carbonyl (C=O) groups excluding carboxylic acids is 3. The van der Waals surface area contributed by atoms with Crippen molar-refractivity contribution in [1.29, 1.82) is 0 Å². The van der Waals surface area contributed by atoms with Crippen LogP contribution in [0.2, 0.25) is 5.02 Å². The van der Waals surface area contributed by atoms with E-state index in [0.717, 1.165) is 17.9 Å². The molecule has 0 radical (unpaired) electrons. The van der Waals surface area contributed by atoms with Gasteiger partial charge < -0.3 is 24.5 Å². The quantitative estimate of drug-likeness (QED) is 0.322. The molecule has 4 heterocycles. The Morgan fingerprint density at radius 1 is 0.907 bits per heavy atom. The summed E-state index contributed by atoms with van der Waals surface area (Å²) < 4.78 is 4.71. The number of hydrogen-bond acceptors (Lipinski definition) is 6. The summed E-state index contributed by atoms with van der Waals surface area (Å²) in [6.45, 7) is 3.71. The van der Waals surface area contributed by atoms with Crippen molar-refractivity contribution in [2.45, 2.75) is 42.2 Å². The Morgan fingerprint density at radius 3 is 2.28 bits per heavy atom. The lowest BCUT2D eigenvalue weighted by Crippen LogP contribution is -2.53. The van der Waals surface area contributed by atoms with Gasteiger partial charge in [-0.05, 0) is 74.7 Å². The number of anilines is 2. The molecule has 1 N–H and O–H groups in total. The zero-order chi connectivity index (χ0) is 30.1. The first-order chi connectivity index (χ1) is 20.9. The summed E-state index contributed by atoms with van der Waals surface area (Å²) in [4.78, 5) is 48.5. The second kappa shape index (κ2) is 12.4. The van der Waals surface area contributed by atoms with Crippen molar-refractivity contribution in [1.82, 2.24) is 4.90 Å². The van der Waals surface area contributed by atoms with Crippen LogP contribution in [0.1, 0.15) is 26.2 Å². The SMILES string of the molecule is CCOc1ccc(N2CC=C[C@@H]3S[C@]45C=CCN(c6ccc(Cl)cc6)C(=O)C4N(CCCCCO)C(=O)[C@@H]5[C@@H]3C2=O)cc1. The molecule has 43 heavy (non-hydrogen) atoms. The zero-order valence-electron chi connectivity index (χ0n) is 24.1.